The fourth-order valence-corrected chi connectivity index (χ4v) is 3.81. The maximum absolute atomic E-state index is 3.68. The first-order valence-corrected chi connectivity index (χ1v) is 8.59. The van der Waals surface area contributed by atoms with E-state index in [-0.39, 0.29) is 0 Å². The number of rotatable bonds is 4. The van der Waals surface area contributed by atoms with Gasteiger partial charge in [-0.1, -0.05) is 45.9 Å². The van der Waals surface area contributed by atoms with Crippen LogP contribution in [0.25, 0.3) is 0 Å². The molecule has 1 aromatic rings. The van der Waals surface area contributed by atoms with Crippen LogP contribution in [0.2, 0.25) is 0 Å². The van der Waals surface area contributed by atoms with Gasteiger partial charge >= 0.3 is 0 Å². The Morgan fingerprint density at radius 3 is 2.62 bits per heavy atom. The van der Waals surface area contributed by atoms with E-state index in [0.29, 0.717) is 17.4 Å². The van der Waals surface area contributed by atoms with Crippen LogP contribution >= 0.6 is 0 Å². The molecule has 2 unspecified atom stereocenters. The summed E-state index contributed by atoms with van der Waals surface area (Å²) in [5, 5.41) is 3.68. The third-order valence-electron chi connectivity index (χ3n) is 5.37. The van der Waals surface area contributed by atoms with E-state index in [4.69, 9.17) is 0 Å². The minimum absolute atomic E-state index is 0.481. The molecule has 1 aliphatic rings. The lowest BCUT2D eigenvalue weighted by Crippen LogP contribution is -2.37. The molecule has 0 heterocycles. The van der Waals surface area contributed by atoms with E-state index < -0.39 is 0 Å². The van der Waals surface area contributed by atoms with E-state index in [0.717, 1.165) is 12.5 Å². The first-order chi connectivity index (χ1) is 9.80. The molecule has 0 bridgehead atoms. The average molecular weight is 287 g/mol. The predicted molar refractivity (Wildman–Crippen MR) is 92.9 cm³/mol. The molecular weight excluding hydrogens is 254 g/mol. The van der Waals surface area contributed by atoms with Gasteiger partial charge in [0.2, 0.25) is 0 Å². The van der Waals surface area contributed by atoms with Crippen LogP contribution < -0.4 is 5.32 Å². The molecule has 0 saturated heterocycles. The Morgan fingerprint density at radius 1 is 1.24 bits per heavy atom. The van der Waals surface area contributed by atoms with Gasteiger partial charge < -0.3 is 5.32 Å². The second-order valence-corrected chi connectivity index (χ2v) is 8.13. The number of aryl methyl sites for hydroxylation is 1. The Hall–Kier alpha value is -0.820. The molecule has 0 aliphatic heterocycles. The van der Waals surface area contributed by atoms with Crippen molar-refractivity contribution in [3.8, 4) is 0 Å². The van der Waals surface area contributed by atoms with Crippen LogP contribution in [0, 0.1) is 25.2 Å². The van der Waals surface area contributed by atoms with Crippen molar-refractivity contribution in [3.05, 3.63) is 34.9 Å². The SMILES string of the molecule is Cc1cccc(C2CC(C)(C)CCC2CNC(C)C)c1C. The van der Waals surface area contributed by atoms with Crippen LogP contribution in [0.4, 0.5) is 0 Å². The molecule has 2 rings (SSSR count). The molecule has 1 N–H and O–H groups in total. The van der Waals surface area contributed by atoms with Gasteiger partial charge in [-0.25, -0.2) is 0 Å². The van der Waals surface area contributed by atoms with Crippen LogP contribution in [0.1, 0.15) is 69.6 Å². The number of nitrogens with one attached hydrogen (secondary N) is 1. The van der Waals surface area contributed by atoms with Gasteiger partial charge in [0, 0.05) is 6.04 Å². The normalized spacial score (nSPS) is 25.3. The topological polar surface area (TPSA) is 12.0 Å². The lowest BCUT2D eigenvalue weighted by molar-refractivity contribution is 0.158. The molecular formula is C20H33N. The summed E-state index contributed by atoms with van der Waals surface area (Å²) >= 11 is 0. The third-order valence-corrected chi connectivity index (χ3v) is 5.37. The summed E-state index contributed by atoms with van der Waals surface area (Å²) in [6.45, 7) is 15.1. The molecule has 2 atom stereocenters. The molecule has 0 radical (unpaired) electrons. The molecule has 0 amide bonds. The van der Waals surface area contributed by atoms with Gasteiger partial charge in [0.05, 0.1) is 0 Å². The molecule has 1 heteroatoms. The van der Waals surface area contributed by atoms with E-state index in [1.165, 1.54) is 30.4 Å². The summed E-state index contributed by atoms with van der Waals surface area (Å²) in [6, 6.07) is 7.44. The quantitative estimate of drug-likeness (QED) is 0.801. The van der Waals surface area contributed by atoms with Crippen LogP contribution in [0.3, 0.4) is 0 Å². The lowest BCUT2D eigenvalue weighted by atomic mass is 9.64. The summed E-state index contributed by atoms with van der Waals surface area (Å²) in [6.07, 6.45) is 4.03. The van der Waals surface area contributed by atoms with Crippen molar-refractivity contribution in [1.82, 2.24) is 5.32 Å². The van der Waals surface area contributed by atoms with Crippen molar-refractivity contribution in [1.29, 1.82) is 0 Å². The summed E-state index contributed by atoms with van der Waals surface area (Å²) in [5.41, 5.74) is 5.02. The monoisotopic (exact) mass is 287 g/mol. The van der Waals surface area contributed by atoms with Crippen molar-refractivity contribution in [2.24, 2.45) is 11.3 Å². The van der Waals surface area contributed by atoms with Crippen molar-refractivity contribution in [2.45, 2.75) is 72.8 Å². The van der Waals surface area contributed by atoms with Gasteiger partial charge in [-0.3, -0.25) is 0 Å². The highest BCUT2D eigenvalue weighted by Gasteiger charge is 2.36. The zero-order valence-corrected chi connectivity index (χ0v) is 14.8. The first-order valence-electron chi connectivity index (χ1n) is 8.59. The van der Waals surface area contributed by atoms with Crippen LogP contribution in [0.15, 0.2) is 18.2 Å². The Labute approximate surface area is 131 Å². The smallest absolute Gasteiger partial charge is 0.00104 e. The average Bonchev–Trinajstić information content (AvgIpc) is 2.39. The van der Waals surface area contributed by atoms with E-state index >= 15 is 0 Å². The van der Waals surface area contributed by atoms with Gasteiger partial charge in [0.15, 0.2) is 0 Å². The van der Waals surface area contributed by atoms with Crippen LogP contribution in [-0.2, 0) is 0 Å². The van der Waals surface area contributed by atoms with Crippen molar-refractivity contribution in [2.75, 3.05) is 6.54 Å². The summed E-state index contributed by atoms with van der Waals surface area (Å²) in [4.78, 5) is 0. The van der Waals surface area contributed by atoms with Crippen molar-refractivity contribution < 1.29 is 0 Å². The highest BCUT2D eigenvalue weighted by atomic mass is 14.9. The number of hydrogen-bond acceptors (Lipinski definition) is 1. The number of hydrogen-bond donors (Lipinski definition) is 1. The molecule has 0 spiro atoms. The Morgan fingerprint density at radius 2 is 1.95 bits per heavy atom. The Bertz CT molecular complexity index is 471. The van der Waals surface area contributed by atoms with Crippen LogP contribution in [-0.4, -0.2) is 12.6 Å². The van der Waals surface area contributed by atoms with E-state index in [9.17, 15) is 0 Å². The van der Waals surface area contributed by atoms with Gasteiger partial charge in [0.25, 0.3) is 0 Å². The second kappa shape index (κ2) is 6.52. The van der Waals surface area contributed by atoms with Crippen LogP contribution in [0.5, 0.6) is 0 Å². The van der Waals surface area contributed by atoms with Gasteiger partial charge in [-0.15, -0.1) is 0 Å². The molecule has 1 aromatic carbocycles. The third kappa shape index (κ3) is 4.10. The maximum atomic E-state index is 3.68. The summed E-state index contributed by atoms with van der Waals surface area (Å²) in [7, 11) is 0. The second-order valence-electron chi connectivity index (χ2n) is 8.13. The minimum atomic E-state index is 0.481. The lowest BCUT2D eigenvalue weighted by Gasteiger charge is -2.42. The molecule has 21 heavy (non-hydrogen) atoms. The fourth-order valence-electron chi connectivity index (χ4n) is 3.81. The van der Waals surface area contributed by atoms with E-state index in [1.807, 2.05) is 0 Å². The molecule has 1 saturated carbocycles. The van der Waals surface area contributed by atoms with Crippen molar-refractivity contribution in [3.63, 3.8) is 0 Å². The molecule has 118 valence electrons. The number of benzene rings is 1. The zero-order valence-electron chi connectivity index (χ0n) is 14.8. The van der Waals surface area contributed by atoms with E-state index in [2.05, 4.69) is 65.1 Å². The summed E-state index contributed by atoms with van der Waals surface area (Å²) < 4.78 is 0. The van der Waals surface area contributed by atoms with E-state index in [1.54, 1.807) is 5.56 Å². The fraction of sp³-hybridized carbons (Fsp3) is 0.700. The van der Waals surface area contributed by atoms with Gasteiger partial charge in [-0.05, 0) is 73.6 Å². The summed E-state index contributed by atoms with van der Waals surface area (Å²) in [5.74, 6) is 1.49. The highest BCUT2D eigenvalue weighted by Crippen LogP contribution is 2.47. The first kappa shape index (κ1) is 16.5. The molecule has 1 fully saturated rings. The minimum Gasteiger partial charge on any atom is -0.314 e. The maximum Gasteiger partial charge on any atom is 0.00104 e. The predicted octanol–water partition coefficient (Wildman–Crippen LogP) is 5.21. The highest BCUT2D eigenvalue weighted by molar-refractivity contribution is 5.36. The zero-order chi connectivity index (χ0) is 15.6. The Balaban J connectivity index is 2.26. The largest absolute Gasteiger partial charge is 0.314 e. The Kier molecular flexibility index (Phi) is 5.14. The van der Waals surface area contributed by atoms with Gasteiger partial charge in [-0.2, -0.15) is 0 Å². The molecule has 1 nitrogen and oxygen atoms in total. The van der Waals surface area contributed by atoms with Crippen molar-refractivity contribution >= 4 is 0 Å². The molecule has 0 aromatic heterocycles. The van der Waals surface area contributed by atoms with Gasteiger partial charge in [0.1, 0.15) is 0 Å². The standard InChI is InChI=1S/C20H33N/c1-14(2)21-13-17-10-11-20(5,6)12-19(17)18-9-7-8-15(3)16(18)4/h7-9,14,17,19,21H,10-13H2,1-6H3. The molecule has 1 aliphatic carbocycles.